The molecule has 0 saturated carbocycles. The van der Waals surface area contributed by atoms with Crippen molar-refractivity contribution < 1.29 is 9.47 Å². The fourth-order valence-corrected chi connectivity index (χ4v) is 3.38. The van der Waals surface area contributed by atoms with Crippen molar-refractivity contribution in [2.24, 2.45) is 5.73 Å². The summed E-state index contributed by atoms with van der Waals surface area (Å²) in [5.41, 5.74) is 8.33. The van der Waals surface area contributed by atoms with E-state index in [4.69, 9.17) is 15.2 Å². The monoisotopic (exact) mass is 276 g/mol. The molecule has 2 N–H and O–H groups in total. The van der Waals surface area contributed by atoms with Crippen LogP contribution in [0.15, 0.2) is 12.1 Å². The summed E-state index contributed by atoms with van der Waals surface area (Å²) in [7, 11) is 1.74. The summed E-state index contributed by atoms with van der Waals surface area (Å²) in [4.78, 5) is 2.46. The van der Waals surface area contributed by atoms with E-state index >= 15 is 0 Å². The smallest absolute Gasteiger partial charge is 0.123 e. The number of nitrogens with zero attached hydrogens (tertiary/aromatic N) is 1. The lowest BCUT2D eigenvalue weighted by molar-refractivity contribution is 0.242. The molecule has 20 heavy (non-hydrogen) atoms. The maximum absolute atomic E-state index is 5.87. The molecule has 110 valence electrons. The molecule has 2 aliphatic rings. The van der Waals surface area contributed by atoms with Crippen LogP contribution in [0.5, 0.6) is 11.5 Å². The highest BCUT2D eigenvalue weighted by Gasteiger charge is 2.26. The quantitative estimate of drug-likeness (QED) is 0.913. The molecule has 2 unspecified atom stereocenters. The van der Waals surface area contributed by atoms with Crippen molar-refractivity contribution in [1.29, 1.82) is 0 Å². The van der Waals surface area contributed by atoms with E-state index < -0.39 is 0 Å². The summed E-state index contributed by atoms with van der Waals surface area (Å²) >= 11 is 0. The third-order valence-electron chi connectivity index (χ3n) is 4.44. The van der Waals surface area contributed by atoms with E-state index in [-0.39, 0.29) is 6.10 Å². The predicted molar refractivity (Wildman–Crippen MR) is 79.3 cm³/mol. The van der Waals surface area contributed by atoms with Gasteiger partial charge in [-0.1, -0.05) is 0 Å². The van der Waals surface area contributed by atoms with E-state index in [1.807, 2.05) is 0 Å². The van der Waals surface area contributed by atoms with Crippen molar-refractivity contribution in [3.05, 3.63) is 23.3 Å². The first kappa shape index (κ1) is 13.7. The molecule has 3 rings (SSSR count). The van der Waals surface area contributed by atoms with Gasteiger partial charge in [-0.05, 0) is 38.4 Å². The molecule has 2 heterocycles. The average Bonchev–Trinajstić information content (AvgIpc) is 3.02. The molecule has 0 radical (unpaired) electrons. The van der Waals surface area contributed by atoms with Crippen molar-refractivity contribution in [2.45, 2.75) is 44.9 Å². The largest absolute Gasteiger partial charge is 0.496 e. The highest BCUT2D eigenvalue weighted by atomic mass is 16.5. The number of benzene rings is 1. The Morgan fingerprint density at radius 3 is 3.05 bits per heavy atom. The van der Waals surface area contributed by atoms with Gasteiger partial charge in [0, 0.05) is 36.7 Å². The topological polar surface area (TPSA) is 47.7 Å². The van der Waals surface area contributed by atoms with Crippen LogP contribution >= 0.6 is 0 Å². The Bertz CT molecular complexity index is 490. The SMILES string of the molecule is COc1cc2c(cc1CN1CCCC1CN)OC(C)C2. The van der Waals surface area contributed by atoms with Gasteiger partial charge in [0.2, 0.25) is 0 Å². The van der Waals surface area contributed by atoms with Crippen LogP contribution in [-0.2, 0) is 13.0 Å². The summed E-state index contributed by atoms with van der Waals surface area (Å²) in [5, 5.41) is 0. The van der Waals surface area contributed by atoms with E-state index in [0.29, 0.717) is 6.04 Å². The highest BCUT2D eigenvalue weighted by Crippen LogP contribution is 2.36. The Morgan fingerprint density at radius 2 is 2.30 bits per heavy atom. The maximum Gasteiger partial charge on any atom is 0.123 e. The lowest BCUT2D eigenvalue weighted by Crippen LogP contribution is -2.34. The summed E-state index contributed by atoms with van der Waals surface area (Å²) in [6.45, 7) is 4.87. The van der Waals surface area contributed by atoms with Gasteiger partial charge in [0.15, 0.2) is 0 Å². The first-order chi connectivity index (χ1) is 9.71. The van der Waals surface area contributed by atoms with Crippen LogP contribution in [0.25, 0.3) is 0 Å². The molecule has 2 atom stereocenters. The molecule has 4 nitrogen and oxygen atoms in total. The van der Waals surface area contributed by atoms with E-state index in [1.165, 1.54) is 24.0 Å². The fourth-order valence-electron chi connectivity index (χ4n) is 3.38. The molecule has 0 aliphatic carbocycles. The number of hydrogen-bond donors (Lipinski definition) is 1. The Kier molecular flexibility index (Phi) is 3.85. The molecule has 0 aromatic heterocycles. The van der Waals surface area contributed by atoms with Crippen LogP contribution in [0.3, 0.4) is 0 Å². The molecular formula is C16H24N2O2. The van der Waals surface area contributed by atoms with Gasteiger partial charge < -0.3 is 15.2 Å². The second-order valence-corrected chi connectivity index (χ2v) is 5.91. The van der Waals surface area contributed by atoms with Crippen molar-refractivity contribution in [3.8, 4) is 11.5 Å². The van der Waals surface area contributed by atoms with Gasteiger partial charge in [0.05, 0.1) is 7.11 Å². The van der Waals surface area contributed by atoms with Gasteiger partial charge in [0.25, 0.3) is 0 Å². The fraction of sp³-hybridized carbons (Fsp3) is 0.625. The normalized spacial score (nSPS) is 25.6. The molecule has 2 aliphatic heterocycles. The standard InChI is InChI=1S/C16H24N2O2/c1-11-6-12-7-15(19-2)13(8-16(12)20-11)10-18-5-3-4-14(18)9-17/h7-8,11,14H,3-6,9-10,17H2,1-2H3. The zero-order chi connectivity index (χ0) is 14.1. The van der Waals surface area contributed by atoms with Crippen LogP contribution in [0.4, 0.5) is 0 Å². The average molecular weight is 276 g/mol. The van der Waals surface area contributed by atoms with Crippen LogP contribution in [0.2, 0.25) is 0 Å². The molecule has 0 amide bonds. The first-order valence-electron chi connectivity index (χ1n) is 7.52. The number of rotatable bonds is 4. The van der Waals surface area contributed by atoms with Gasteiger partial charge in [0.1, 0.15) is 17.6 Å². The Labute approximate surface area is 120 Å². The molecule has 4 heteroatoms. The van der Waals surface area contributed by atoms with Crippen molar-refractivity contribution in [3.63, 3.8) is 0 Å². The predicted octanol–water partition coefficient (Wildman–Crippen LogP) is 1.94. The van der Waals surface area contributed by atoms with E-state index in [0.717, 1.165) is 37.6 Å². The van der Waals surface area contributed by atoms with Crippen molar-refractivity contribution in [1.82, 2.24) is 4.90 Å². The summed E-state index contributed by atoms with van der Waals surface area (Å²) in [5.74, 6) is 2.00. The van der Waals surface area contributed by atoms with E-state index in [9.17, 15) is 0 Å². The van der Waals surface area contributed by atoms with Crippen LogP contribution in [0, 0.1) is 0 Å². The van der Waals surface area contributed by atoms with Gasteiger partial charge in [-0.2, -0.15) is 0 Å². The number of nitrogens with two attached hydrogens (primary N) is 1. The second-order valence-electron chi connectivity index (χ2n) is 5.91. The molecule has 1 aromatic rings. The lowest BCUT2D eigenvalue weighted by Gasteiger charge is -2.24. The summed E-state index contributed by atoms with van der Waals surface area (Å²) < 4.78 is 11.4. The first-order valence-corrected chi connectivity index (χ1v) is 7.52. The van der Waals surface area contributed by atoms with Crippen molar-refractivity contribution >= 4 is 0 Å². The molecule has 0 spiro atoms. The number of fused-ring (bicyclic) bond motifs is 1. The highest BCUT2D eigenvalue weighted by molar-refractivity contribution is 5.48. The minimum atomic E-state index is 0.272. The van der Waals surface area contributed by atoms with E-state index in [1.54, 1.807) is 7.11 Å². The minimum Gasteiger partial charge on any atom is -0.496 e. The molecule has 1 aromatic carbocycles. The van der Waals surface area contributed by atoms with Gasteiger partial charge in [-0.25, -0.2) is 0 Å². The molecule has 1 saturated heterocycles. The van der Waals surface area contributed by atoms with Gasteiger partial charge in [-0.3, -0.25) is 4.90 Å². The molecule has 0 bridgehead atoms. The Morgan fingerprint density at radius 1 is 1.45 bits per heavy atom. The number of likely N-dealkylation sites (tertiary alicyclic amines) is 1. The lowest BCUT2D eigenvalue weighted by atomic mass is 10.1. The Balaban J connectivity index is 1.84. The van der Waals surface area contributed by atoms with Gasteiger partial charge >= 0.3 is 0 Å². The number of methoxy groups -OCH3 is 1. The summed E-state index contributed by atoms with van der Waals surface area (Å²) in [6, 6.07) is 4.80. The Hall–Kier alpha value is -1.26. The number of hydrogen-bond acceptors (Lipinski definition) is 4. The third-order valence-corrected chi connectivity index (χ3v) is 4.44. The minimum absolute atomic E-state index is 0.272. The maximum atomic E-state index is 5.87. The summed E-state index contributed by atoms with van der Waals surface area (Å²) in [6.07, 6.45) is 3.69. The molecular weight excluding hydrogens is 252 g/mol. The number of ether oxygens (including phenoxy) is 2. The van der Waals surface area contributed by atoms with Crippen LogP contribution in [0.1, 0.15) is 30.9 Å². The van der Waals surface area contributed by atoms with Crippen molar-refractivity contribution in [2.75, 3.05) is 20.2 Å². The van der Waals surface area contributed by atoms with E-state index in [2.05, 4.69) is 24.0 Å². The van der Waals surface area contributed by atoms with Gasteiger partial charge in [-0.15, -0.1) is 0 Å². The zero-order valence-electron chi connectivity index (χ0n) is 12.4. The van der Waals surface area contributed by atoms with Crippen LogP contribution < -0.4 is 15.2 Å². The van der Waals surface area contributed by atoms with Crippen LogP contribution in [-0.4, -0.2) is 37.2 Å². The third kappa shape index (κ3) is 2.50. The second kappa shape index (κ2) is 5.62. The zero-order valence-corrected chi connectivity index (χ0v) is 12.4. The molecule has 1 fully saturated rings.